The Bertz CT molecular complexity index is 222. The summed E-state index contributed by atoms with van der Waals surface area (Å²) in [5.41, 5.74) is 0. The van der Waals surface area contributed by atoms with Crippen LogP contribution in [0, 0.1) is 29.6 Å². The molecule has 1 aliphatic carbocycles. The van der Waals surface area contributed by atoms with Gasteiger partial charge in [-0.1, -0.05) is 86.0 Å². The summed E-state index contributed by atoms with van der Waals surface area (Å²) in [5.74, 6) is 4.86. The van der Waals surface area contributed by atoms with Crippen molar-refractivity contribution in [3.63, 3.8) is 0 Å². The van der Waals surface area contributed by atoms with Crippen LogP contribution in [0.25, 0.3) is 0 Å². The van der Waals surface area contributed by atoms with Crippen LogP contribution in [0.3, 0.4) is 0 Å². The van der Waals surface area contributed by atoms with Crippen molar-refractivity contribution < 1.29 is 0 Å². The Kier molecular flexibility index (Phi) is 8.89. The van der Waals surface area contributed by atoms with Crippen LogP contribution in [0.2, 0.25) is 0 Å². The standard InChI is InChI=1S/C20H40/c1-16(2)8-6-9-17(3)10-7-11-19(5)20-14-12-18(4)13-15-20/h16-20H,6-15H2,1-5H3. The summed E-state index contributed by atoms with van der Waals surface area (Å²) in [4.78, 5) is 0. The molecule has 1 aliphatic rings. The molecule has 0 aliphatic heterocycles. The molecule has 0 aromatic rings. The Morgan fingerprint density at radius 1 is 0.750 bits per heavy atom. The minimum Gasteiger partial charge on any atom is -0.0628 e. The maximum Gasteiger partial charge on any atom is -0.0388 e. The topological polar surface area (TPSA) is 0 Å². The summed E-state index contributed by atoms with van der Waals surface area (Å²) in [7, 11) is 0. The van der Waals surface area contributed by atoms with Crippen molar-refractivity contribution in [2.45, 2.75) is 98.8 Å². The molecular formula is C20H40. The highest BCUT2D eigenvalue weighted by atomic mass is 14.3. The second-order valence-corrected chi connectivity index (χ2v) is 8.36. The normalized spacial score (nSPS) is 26.7. The van der Waals surface area contributed by atoms with Gasteiger partial charge < -0.3 is 0 Å². The zero-order valence-corrected chi connectivity index (χ0v) is 15.0. The fourth-order valence-corrected chi connectivity index (χ4v) is 3.90. The zero-order chi connectivity index (χ0) is 15.0. The molecular weight excluding hydrogens is 240 g/mol. The van der Waals surface area contributed by atoms with Crippen LogP contribution in [0.1, 0.15) is 98.8 Å². The molecule has 0 nitrogen and oxygen atoms in total. The summed E-state index contributed by atoms with van der Waals surface area (Å²) >= 11 is 0. The van der Waals surface area contributed by atoms with Crippen LogP contribution >= 0.6 is 0 Å². The van der Waals surface area contributed by atoms with Crippen LogP contribution < -0.4 is 0 Å². The molecule has 1 fully saturated rings. The third-order valence-electron chi connectivity index (χ3n) is 5.70. The van der Waals surface area contributed by atoms with Crippen LogP contribution in [0.4, 0.5) is 0 Å². The first kappa shape index (κ1) is 18.1. The van der Waals surface area contributed by atoms with E-state index in [1.807, 2.05) is 0 Å². The van der Waals surface area contributed by atoms with Gasteiger partial charge in [-0.3, -0.25) is 0 Å². The molecule has 1 saturated carbocycles. The van der Waals surface area contributed by atoms with Crippen LogP contribution in [0.5, 0.6) is 0 Å². The molecule has 0 bridgehead atoms. The lowest BCUT2D eigenvalue weighted by Crippen LogP contribution is -2.19. The van der Waals surface area contributed by atoms with Gasteiger partial charge in [0.05, 0.1) is 0 Å². The summed E-state index contributed by atoms with van der Waals surface area (Å²) in [6.07, 6.45) is 14.7. The lowest BCUT2D eigenvalue weighted by molar-refractivity contribution is 0.210. The molecule has 2 atom stereocenters. The maximum atomic E-state index is 2.52. The van der Waals surface area contributed by atoms with Crippen molar-refractivity contribution in [1.82, 2.24) is 0 Å². The van der Waals surface area contributed by atoms with Gasteiger partial charge in [-0.15, -0.1) is 0 Å². The molecule has 0 spiro atoms. The highest BCUT2D eigenvalue weighted by molar-refractivity contribution is 4.74. The quantitative estimate of drug-likeness (QED) is 0.423. The first-order chi connectivity index (χ1) is 9.49. The average Bonchev–Trinajstić information content (AvgIpc) is 2.39. The lowest BCUT2D eigenvalue weighted by atomic mass is 9.75. The fourth-order valence-electron chi connectivity index (χ4n) is 3.90. The van der Waals surface area contributed by atoms with E-state index in [9.17, 15) is 0 Å². The Hall–Kier alpha value is 0. The van der Waals surface area contributed by atoms with E-state index >= 15 is 0 Å². The molecule has 120 valence electrons. The Balaban J connectivity index is 2.04. The van der Waals surface area contributed by atoms with Crippen molar-refractivity contribution >= 4 is 0 Å². The predicted molar refractivity (Wildman–Crippen MR) is 92.0 cm³/mol. The van der Waals surface area contributed by atoms with Crippen molar-refractivity contribution in [3.8, 4) is 0 Å². The van der Waals surface area contributed by atoms with E-state index in [2.05, 4.69) is 34.6 Å². The average molecular weight is 281 g/mol. The number of hydrogen-bond acceptors (Lipinski definition) is 0. The van der Waals surface area contributed by atoms with Crippen molar-refractivity contribution in [2.75, 3.05) is 0 Å². The predicted octanol–water partition coefficient (Wildman–Crippen LogP) is 7.08. The number of rotatable bonds is 9. The molecule has 1 rings (SSSR count). The fraction of sp³-hybridized carbons (Fsp3) is 1.00. The van der Waals surface area contributed by atoms with Crippen LogP contribution in [-0.2, 0) is 0 Å². The van der Waals surface area contributed by atoms with Gasteiger partial charge >= 0.3 is 0 Å². The Morgan fingerprint density at radius 2 is 1.30 bits per heavy atom. The van der Waals surface area contributed by atoms with Gasteiger partial charge in [0.15, 0.2) is 0 Å². The van der Waals surface area contributed by atoms with Gasteiger partial charge in [-0.05, 0) is 42.4 Å². The molecule has 0 heteroatoms. The molecule has 0 heterocycles. The van der Waals surface area contributed by atoms with Crippen molar-refractivity contribution in [3.05, 3.63) is 0 Å². The molecule has 2 unspecified atom stereocenters. The number of hydrogen-bond donors (Lipinski definition) is 0. The summed E-state index contributed by atoms with van der Waals surface area (Å²) in [5, 5.41) is 0. The van der Waals surface area contributed by atoms with Gasteiger partial charge in [0, 0.05) is 0 Å². The minimum absolute atomic E-state index is 0.885. The van der Waals surface area contributed by atoms with Gasteiger partial charge in [0.1, 0.15) is 0 Å². The van der Waals surface area contributed by atoms with E-state index in [1.165, 1.54) is 64.2 Å². The van der Waals surface area contributed by atoms with Crippen LogP contribution in [-0.4, -0.2) is 0 Å². The first-order valence-corrected chi connectivity index (χ1v) is 9.49. The highest BCUT2D eigenvalue weighted by Crippen LogP contribution is 2.35. The van der Waals surface area contributed by atoms with E-state index in [0.717, 1.165) is 29.6 Å². The molecule has 0 saturated heterocycles. The SMILES string of the molecule is CC(C)CCCC(C)CCCC(C)C1CCC(C)CC1. The Morgan fingerprint density at radius 3 is 1.85 bits per heavy atom. The van der Waals surface area contributed by atoms with Crippen LogP contribution in [0.15, 0.2) is 0 Å². The smallest absolute Gasteiger partial charge is 0.0388 e. The van der Waals surface area contributed by atoms with E-state index in [0.29, 0.717) is 0 Å². The van der Waals surface area contributed by atoms with E-state index < -0.39 is 0 Å². The molecule has 0 radical (unpaired) electrons. The second kappa shape index (κ2) is 9.85. The molecule has 0 aromatic carbocycles. The molecule has 0 aromatic heterocycles. The summed E-state index contributed by atoms with van der Waals surface area (Å²) < 4.78 is 0. The Labute approximate surface area is 129 Å². The van der Waals surface area contributed by atoms with E-state index in [4.69, 9.17) is 0 Å². The van der Waals surface area contributed by atoms with Gasteiger partial charge in [-0.2, -0.15) is 0 Å². The zero-order valence-electron chi connectivity index (χ0n) is 15.0. The molecule has 0 N–H and O–H groups in total. The minimum atomic E-state index is 0.885. The van der Waals surface area contributed by atoms with E-state index in [-0.39, 0.29) is 0 Å². The van der Waals surface area contributed by atoms with Crippen molar-refractivity contribution in [1.29, 1.82) is 0 Å². The largest absolute Gasteiger partial charge is 0.0628 e. The second-order valence-electron chi connectivity index (χ2n) is 8.36. The van der Waals surface area contributed by atoms with Gasteiger partial charge in [0.2, 0.25) is 0 Å². The van der Waals surface area contributed by atoms with Crippen molar-refractivity contribution in [2.24, 2.45) is 29.6 Å². The van der Waals surface area contributed by atoms with E-state index in [1.54, 1.807) is 0 Å². The summed E-state index contributed by atoms with van der Waals surface area (Å²) in [6, 6.07) is 0. The van der Waals surface area contributed by atoms with Gasteiger partial charge in [-0.25, -0.2) is 0 Å². The molecule has 0 amide bonds. The third kappa shape index (κ3) is 7.70. The molecule has 20 heavy (non-hydrogen) atoms. The van der Waals surface area contributed by atoms with Gasteiger partial charge in [0.25, 0.3) is 0 Å². The monoisotopic (exact) mass is 280 g/mol. The summed E-state index contributed by atoms with van der Waals surface area (Å²) in [6.45, 7) is 12.1. The first-order valence-electron chi connectivity index (χ1n) is 9.49. The third-order valence-corrected chi connectivity index (χ3v) is 5.70. The maximum absolute atomic E-state index is 2.52. The highest BCUT2D eigenvalue weighted by Gasteiger charge is 2.22. The lowest BCUT2D eigenvalue weighted by Gasteiger charge is -2.31.